The van der Waals surface area contributed by atoms with Crippen molar-refractivity contribution >= 4 is 36.9 Å². The molecule has 0 spiro atoms. The number of carbonyl (C=O) groups excluding carboxylic acids is 1. The second-order valence-electron chi connectivity index (χ2n) is 7.39. The summed E-state index contributed by atoms with van der Waals surface area (Å²) in [5.41, 5.74) is 9.05. The standard InChI is InChI=1S/C20H24N4O5S2/c1-5-13-8-6-7-12(2)15(13)10-22-16-9-14(17(21)25)11-24-18(16)23-19(30(3,26)27)20(24)31(4,28)29/h6-9,11,22H,5,10H2,1-4H3,(H2,21,25). The molecule has 0 atom stereocenters. The molecule has 1 amide bonds. The number of aromatic nitrogens is 2. The average molecular weight is 465 g/mol. The first kappa shape index (κ1) is 22.8. The lowest BCUT2D eigenvalue weighted by atomic mass is 10.00. The summed E-state index contributed by atoms with van der Waals surface area (Å²) in [5, 5.41) is 2.09. The number of nitrogens with zero attached hydrogens (tertiary/aromatic N) is 2. The van der Waals surface area contributed by atoms with Gasteiger partial charge in [0, 0.05) is 25.3 Å². The molecule has 0 saturated carbocycles. The van der Waals surface area contributed by atoms with Gasteiger partial charge in [-0.2, -0.15) is 0 Å². The van der Waals surface area contributed by atoms with Crippen LogP contribution in [0.25, 0.3) is 5.65 Å². The highest BCUT2D eigenvalue weighted by Crippen LogP contribution is 2.29. The van der Waals surface area contributed by atoms with Gasteiger partial charge in [-0.3, -0.25) is 9.20 Å². The maximum Gasteiger partial charge on any atom is 0.250 e. The summed E-state index contributed by atoms with van der Waals surface area (Å²) in [6.45, 7) is 4.38. The molecule has 0 bridgehead atoms. The molecule has 0 aliphatic rings. The molecule has 0 saturated heterocycles. The largest absolute Gasteiger partial charge is 0.378 e. The van der Waals surface area contributed by atoms with Crippen LogP contribution >= 0.6 is 0 Å². The van der Waals surface area contributed by atoms with Crippen LogP contribution in [0.2, 0.25) is 0 Å². The van der Waals surface area contributed by atoms with Crippen LogP contribution in [0.1, 0.15) is 34.0 Å². The molecule has 11 heteroatoms. The maximum absolute atomic E-state index is 12.4. The van der Waals surface area contributed by atoms with E-state index >= 15 is 0 Å². The van der Waals surface area contributed by atoms with Crippen molar-refractivity contribution in [3.8, 4) is 0 Å². The van der Waals surface area contributed by atoms with Crippen molar-refractivity contribution in [2.24, 2.45) is 5.73 Å². The Morgan fingerprint density at radius 1 is 1.16 bits per heavy atom. The van der Waals surface area contributed by atoms with Crippen LogP contribution in [0.3, 0.4) is 0 Å². The Balaban J connectivity index is 2.27. The molecule has 2 heterocycles. The fraction of sp³-hybridized carbons (Fsp3) is 0.300. The lowest BCUT2D eigenvalue weighted by Crippen LogP contribution is -2.15. The van der Waals surface area contributed by atoms with E-state index in [0.717, 1.165) is 40.0 Å². The number of hydrogen-bond donors (Lipinski definition) is 2. The molecule has 0 aliphatic carbocycles. The summed E-state index contributed by atoms with van der Waals surface area (Å²) in [7, 11) is -7.97. The topological polar surface area (TPSA) is 141 Å². The van der Waals surface area contributed by atoms with Crippen molar-refractivity contribution in [3.05, 3.63) is 52.7 Å². The van der Waals surface area contributed by atoms with Crippen LogP contribution in [0.5, 0.6) is 0 Å². The van der Waals surface area contributed by atoms with Gasteiger partial charge in [-0.25, -0.2) is 21.8 Å². The lowest BCUT2D eigenvalue weighted by Gasteiger charge is -2.14. The van der Waals surface area contributed by atoms with Gasteiger partial charge in [0.25, 0.3) is 0 Å². The predicted octanol–water partition coefficient (Wildman–Crippen LogP) is 1.72. The Morgan fingerprint density at radius 2 is 1.84 bits per heavy atom. The molecule has 1 aromatic carbocycles. The van der Waals surface area contributed by atoms with Crippen molar-refractivity contribution in [2.75, 3.05) is 17.8 Å². The number of nitrogens with one attached hydrogen (secondary N) is 1. The van der Waals surface area contributed by atoms with Crippen LogP contribution in [0, 0.1) is 6.92 Å². The van der Waals surface area contributed by atoms with E-state index in [9.17, 15) is 21.6 Å². The first-order valence-electron chi connectivity index (χ1n) is 9.41. The van der Waals surface area contributed by atoms with E-state index in [1.54, 1.807) is 0 Å². The number of fused-ring (bicyclic) bond motifs is 1. The molecule has 31 heavy (non-hydrogen) atoms. The van der Waals surface area contributed by atoms with Gasteiger partial charge in [-0.15, -0.1) is 0 Å². The maximum atomic E-state index is 12.4. The molecule has 0 aliphatic heterocycles. The van der Waals surface area contributed by atoms with E-state index in [-0.39, 0.29) is 11.2 Å². The number of rotatable bonds is 7. The SMILES string of the molecule is CCc1cccc(C)c1CNc1cc(C(N)=O)cn2c(S(C)(=O)=O)c(S(C)(=O)=O)nc12. The van der Waals surface area contributed by atoms with Gasteiger partial charge in [-0.1, -0.05) is 25.1 Å². The molecule has 2 aromatic heterocycles. The number of sulfone groups is 2. The van der Waals surface area contributed by atoms with E-state index in [1.165, 1.54) is 12.3 Å². The zero-order valence-electron chi connectivity index (χ0n) is 17.6. The number of anilines is 1. The number of nitrogens with two attached hydrogens (primary N) is 1. The van der Waals surface area contributed by atoms with Gasteiger partial charge in [0.2, 0.25) is 5.91 Å². The fourth-order valence-corrected chi connectivity index (χ4v) is 5.91. The van der Waals surface area contributed by atoms with Gasteiger partial charge in [0.05, 0.1) is 11.3 Å². The monoisotopic (exact) mass is 464 g/mol. The quantitative estimate of drug-likeness (QED) is 0.542. The van der Waals surface area contributed by atoms with E-state index < -0.39 is 35.6 Å². The summed E-state index contributed by atoms with van der Waals surface area (Å²) >= 11 is 0. The van der Waals surface area contributed by atoms with Crippen molar-refractivity contribution in [2.45, 2.75) is 36.9 Å². The van der Waals surface area contributed by atoms with Crippen LogP contribution in [-0.2, 0) is 32.6 Å². The smallest absolute Gasteiger partial charge is 0.250 e. The van der Waals surface area contributed by atoms with Crippen molar-refractivity contribution in [1.29, 1.82) is 0 Å². The van der Waals surface area contributed by atoms with Crippen LogP contribution in [0.15, 0.2) is 40.5 Å². The molecule has 166 valence electrons. The number of hydrogen-bond acceptors (Lipinski definition) is 7. The third-order valence-corrected chi connectivity index (χ3v) is 7.19. The summed E-state index contributed by atoms with van der Waals surface area (Å²) in [6.07, 6.45) is 3.77. The Hall–Kier alpha value is -2.92. The number of primary amides is 1. The molecule has 3 N–H and O–H groups in total. The lowest BCUT2D eigenvalue weighted by molar-refractivity contribution is 0.1000. The minimum absolute atomic E-state index is 0.0119. The van der Waals surface area contributed by atoms with Gasteiger partial charge in [0.1, 0.15) is 0 Å². The van der Waals surface area contributed by atoms with Crippen molar-refractivity contribution in [3.63, 3.8) is 0 Å². The van der Waals surface area contributed by atoms with Crippen LogP contribution in [-0.4, -0.2) is 44.6 Å². The van der Waals surface area contributed by atoms with Gasteiger partial charge >= 0.3 is 0 Å². The summed E-state index contributed by atoms with van der Waals surface area (Å²) in [6, 6.07) is 7.39. The number of pyridine rings is 1. The minimum Gasteiger partial charge on any atom is -0.378 e. The Bertz CT molecular complexity index is 1410. The van der Waals surface area contributed by atoms with Crippen LogP contribution < -0.4 is 11.1 Å². The summed E-state index contributed by atoms with van der Waals surface area (Å²) in [5.74, 6) is -0.788. The van der Waals surface area contributed by atoms with Gasteiger partial charge in [-0.05, 0) is 36.1 Å². The molecule has 3 rings (SSSR count). The Morgan fingerprint density at radius 3 is 2.39 bits per heavy atom. The number of amides is 1. The molecule has 0 radical (unpaired) electrons. The zero-order chi connectivity index (χ0) is 23.1. The van der Waals surface area contributed by atoms with Gasteiger partial charge < -0.3 is 11.1 Å². The van der Waals surface area contributed by atoms with Crippen molar-refractivity contribution < 1.29 is 21.6 Å². The third kappa shape index (κ3) is 4.42. The molecular formula is C20H24N4O5S2. The van der Waals surface area contributed by atoms with Crippen molar-refractivity contribution in [1.82, 2.24) is 9.38 Å². The zero-order valence-corrected chi connectivity index (χ0v) is 19.3. The number of benzene rings is 1. The van der Waals surface area contributed by atoms with E-state index in [4.69, 9.17) is 5.73 Å². The number of imidazole rings is 1. The minimum atomic E-state index is -4.00. The fourth-order valence-electron chi connectivity index (χ4n) is 3.48. The summed E-state index contributed by atoms with van der Waals surface area (Å²) in [4.78, 5) is 16.0. The highest BCUT2D eigenvalue weighted by Gasteiger charge is 2.29. The second kappa shape index (κ2) is 7.97. The van der Waals surface area contributed by atoms with E-state index in [0.29, 0.717) is 12.2 Å². The van der Waals surface area contributed by atoms with Crippen LogP contribution in [0.4, 0.5) is 5.69 Å². The first-order chi connectivity index (χ1) is 14.3. The molecule has 3 aromatic rings. The highest BCUT2D eigenvalue weighted by molar-refractivity contribution is 7.93. The summed E-state index contributed by atoms with van der Waals surface area (Å²) < 4.78 is 50.4. The normalized spacial score (nSPS) is 12.3. The molecular weight excluding hydrogens is 440 g/mol. The predicted molar refractivity (Wildman–Crippen MR) is 118 cm³/mol. The Kier molecular flexibility index (Phi) is 5.85. The second-order valence-corrected chi connectivity index (χ2v) is 11.2. The van der Waals surface area contributed by atoms with Gasteiger partial charge in [0.15, 0.2) is 35.4 Å². The highest BCUT2D eigenvalue weighted by atomic mass is 32.2. The molecule has 0 fully saturated rings. The average Bonchev–Trinajstić information content (AvgIpc) is 3.07. The van der Waals surface area contributed by atoms with E-state index in [1.807, 2.05) is 32.0 Å². The molecule has 0 unspecified atom stereocenters. The first-order valence-corrected chi connectivity index (χ1v) is 13.2. The Labute approximate surface area is 181 Å². The number of aryl methyl sites for hydroxylation is 2. The molecule has 9 nitrogen and oxygen atoms in total. The number of carbonyl (C=O) groups is 1. The third-order valence-electron chi connectivity index (χ3n) is 4.98. The van der Waals surface area contributed by atoms with E-state index in [2.05, 4.69) is 10.3 Å².